The number of hydrogen-bond acceptors (Lipinski definition) is 10. The molecule has 1 heterocycles. The molecule has 6 aliphatic rings. The Bertz CT molecular complexity index is 1490. The molecule has 6 fully saturated rings. The first-order chi connectivity index (χ1) is 25.2. The highest BCUT2D eigenvalue weighted by atomic mass is 16.7. The van der Waals surface area contributed by atoms with E-state index in [4.69, 9.17) is 28.4 Å². The zero-order valence-corrected chi connectivity index (χ0v) is 34.8. The van der Waals surface area contributed by atoms with Crippen LogP contribution in [0.15, 0.2) is 12.2 Å². The molecule has 1 aliphatic heterocycles. The summed E-state index contributed by atoms with van der Waals surface area (Å²) in [7, 11) is 0. The highest BCUT2D eigenvalue weighted by molar-refractivity contribution is 5.68. The maximum absolute atomic E-state index is 12.2. The van der Waals surface area contributed by atoms with Crippen molar-refractivity contribution in [2.45, 2.75) is 171 Å². The van der Waals surface area contributed by atoms with Gasteiger partial charge in [-0.3, -0.25) is 19.2 Å². The van der Waals surface area contributed by atoms with Crippen molar-refractivity contribution in [3.05, 3.63) is 12.2 Å². The summed E-state index contributed by atoms with van der Waals surface area (Å²) >= 11 is 0. The van der Waals surface area contributed by atoms with Gasteiger partial charge in [-0.15, -0.1) is 0 Å². The minimum Gasteiger partial charge on any atom is -0.465 e. The first-order valence-corrected chi connectivity index (χ1v) is 20.8. The Labute approximate surface area is 323 Å². The highest BCUT2D eigenvalue weighted by Crippen LogP contribution is 2.77. The second-order valence-electron chi connectivity index (χ2n) is 19.7. The predicted octanol–water partition coefficient (Wildman–Crippen LogP) is 8.13. The molecule has 5 saturated carbocycles. The van der Waals surface area contributed by atoms with Gasteiger partial charge >= 0.3 is 23.9 Å². The molecule has 5 aliphatic carbocycles. The van der Waals surface area contributed by atoms with E-state index in [9.17, 15) is 19.2 Å². The lowest BCUT2D eigenvalue weighted by atomic mass is 9.32. The molecular formula is C44H68O10. The maximum Gasteiger partial charge on any atom is 0.303 e. The fraction of sp³-hybridized carbons (Fsp3) is 0.864. The topological polar surface area (TPSA) is 124 Å². The van der Waals surface area contributed by atoms with Crippen LogP contribution in [0.5, 0.6) is 0 Å². The van der Waals surface area contributed by atoms with Crippen molar-refractivity contribution in [3.63, 3.8) is 0 Å². The fourth-order valence-electron chi connectivity index (χ4n) is 14.2. The van der Waals surface area contributed by atoms with Crippen LogP contribution in [0, 0.1) is 56.7 Å². The van der Waals surface area contributed by atoms with Crippen molar-refractivity contribution in [1.82, 2.24) is 0 Å². The molecule has 54 heavy (non-hydrogen) atoms. The van der Waals surface area contributed by atoms with Crippen LogP contribution in [-0.4, -0.2) is 67.8 Å². The van der Waals surface area contributed by atoms with Crippen LogP contribution in [-0.2, 0) is 47.6 Å². The van der Waals surface area contributed by atoms with E-state index < -0.39 is 42.5 Å². The van der Waals surface area contributed by atoms with Crippen LogP contribution in [0.1, 0.15) is 140 Å². The number of rotatable bonds is 9. The van der Waals surface area contributed by atoms with Gasteiger partial charge < -0.3 is 28.4 Å². The van der Waals surface area contributed by atoms with Gasteiger partial charge in [-0.2, -0.15) is 0 Å². The van der Waals surface area contributed by atoms with Crippen LogP contribution in [0.4, 0.5) is 0 Å². The van der Waals surface area contributed by atoms with E-state index in [-0.39, 0.29) is 52.2 Å². The minimum atomic E-state index is -0.928. The summed E-state index contributed by atoms with van der Waals surface area (Å²) in [6, 6.07) is 0. The molecule has 0 radical (unpaired) electrons. The molecule has 10 nitrogen and oxygen atoms in total. The van der Waals surface area contributed by atoms with E-state index >= 15 is 0 Å². The SMILES string of the molecule is C=C(C)[C@@H]1CC[C@]2(COC(C)=O)CC[C@]3(C)[C@H](CCC4[C@@]5(C)CC[C@@H](O[C@H]6C[C@H](OC(C)=O)[C@@H](OC(C)=O)[C@H](COC(C)=O)O6)C(C)(C)[C@@H]5CC[C@]43C)[C@@H]12. The van der Waals surface area contributed by atoms with Gasteiger partial charge in [-0.05, 0) is 122 Å². The van der Waals surface area contributed by atoms with E-state index in [2.05, 4.69) is 48.1 Å². The molecule has 0 spiro atoms. The summed E-state index contributed by atoms with van der Waals surface area (Å²) < 4.78 is 35.7. The normalized spacial score (nSPS) is 45.0. The average molecular weight is 757 g/mol. The van der Waals surface area contributed by atoms with Gasteiger partial charge in [0, 0.05) is 39.5 Å². The molecule has 0 amide bonds. The Morgan fingerprint density at radius 2 is 1.39 bits per heavy atom. The van der Waals surface area contributed by atoms with E-state index in [0.717, 1.165) is 38.5 Å². The number of carbonyl (C=O) groups is 4. The predicted molar refractivity (Wildman–Crippen MR) is 201 cm³/mol. The molecule has 10 heteroatoms. The Morgan fingerprint density at radius 3 is 2.02 bits per heavy atom. The Hall–Kier alpha value is -2.46. The maximum atomic E-state index is 12.2. The van der Waals surface area contributed by atoms with Crippen molar-refractivity contribution >= 4 is 23.9 Å². The lowest BCUT2D eigenvalue weighted by Crippen LogP contribution is -2.67. The quantitative estimate of drug-likeness (QED) is 0.0986. The number of ether oxygens (including phenoxy) is 6. The molecule has 0 aromatic heterocycles. The van der Waals surface area contributed by atoms with Crippen molar-refractivity contribution in [2.24, 2.45) is 56.7 Å². The van der Waals surface area contributed by atoms with Crippen LogP contribution >= 0.6 is 0 Å². The summed E-state index contributed by atoms with van der Waals surface area (Å²) in [5, 5.41) is 0. The molecular weight excluding hydrogens is 688 g/mol. The summed E-state index contributed by atoms with van der Waals surface area (Å²) in [6.45, 7) is 25.2. The summed E-state index contributed by atoms with van der Waals surface area (Å²) in [6.07, 6.45) is 7.95. The van der Waals surface area contributed by atoms with Crippen molar-refractivity contribution in [3.8, 4) is 0 Å². The standard InChI is InChI=1S/C44H68O10/c1-25(2)30-14-19-44(24-50-27(4)46)21-20-42(10)31(38(30)44)12-13-35-41(9)17-16-36(40(7,8)34(41)15-18-43(35,42)11)54-37-22-32(51-28(5)47)39(52-29(6)48)33(53-37)23-49-26(3)45/h30-39H,1,12-24H2,2-11H3/t30-,31+,32-,33-,34-,35?,36+,37-,38+,39+,41-,42+,43+,44+/m0/s1. The van der Waals surface area contributed by atoms with E-state index in [1.54, 1.807) is 6.92 Å². The Kier molecular flexibility index (Phi) is 11.3. The monoisotopic (exact) mass is 756 g/mol. The number of esters is 4. The summed E-state index contributed by atoms with van der Waals surface area (Å²) in [5.74, 6) is 0.854. The van der Waals surface area contributed by atoms with E-state index in [1.807, 2.05) is 0 Å². The van der Waals surface area contributed by atoms with Gasteiger partial charge in [-0.1, -0.05) is 46.8 Å². The fourth-order valence-corrected chi connectivity index (χ4v) is 14.2. The molecule has 0 aromatic carbocycles. The van der Waals surface area contributed by atoms with Crippen molar-refractivity contribution < 1.29 is 47.6 Å². The van der Waals surface area contributed by atoms with Gasteiger partial charge in [0.2, 0.25) is 0 Å². The molecule has 0 N–H and O–H groups in total. The van der Waals surface area contributed by atoms with Gasteiger partial charge in [0.1, 0.15) is 18.8 Å². The average Bonchev–Trinajstić information content (AvgIpc) is 3.45. The number of allylic oxidation sites excluding steroid dienone is 1. The van der Waals surface area contributed by atoms with Gasteiger partial charge in [0.15, 0.2) is 12.4 Å². The zero-order valence-electron chi connectivity index (χ0n) is 34.8. The zero-order chi connectivity index (χ0) is 39.6. The van der Waals surface area contributed by atoms with E-state index in [0.29, 0.717) is 36.2 Å². The Balaban J connectivity index is 1.23. The molecule has 1 saturated heterocycles. The number of fused-ring (bicyclic) bond motifs is 7. The van der Waals surface area contributed by atoms with Crippen LogP contribution in [0.25, 0.3) is 0 Å². The van der Waals surface area contributed by atoms with Gasteiger partial charge in [0.05, 0.1) is 12.7 Å². The first kappa shape index (κ1) is 41.2. The lowest BCUT2D eigenvalue weighted by Gasteiger charge is -2.73. The molecule has 304 valence electrons. The third-order valence-corrected chi connectivity index (χ3v) is 16.6. The molecule has 0 aromatic rings. The smallest absolute Gasteiger partial charge is 0.303 e. The number of carbonyl (C=O) groups excluding carboxylic acids is 4. The van der Waals surface area contributed by atoms with Crippen molar-refractivity contribution in [2.75, 3.05) is 13.2 Å². The van der Waals surface area contributed by atoms with Crippen LogP contribution in [0.2, 0.25) is 0 Å². The second kappa shape index (κ2) is 14.8. The molecule has 1 unspecified atom stereocenters. The van der Waals surface area contributed by atoms with Gasteiger partial charge in [0.25, 0.3) is 0 Å². The Morgan fingerprint density at radius 1 is 0.704 bits per heavy atom. The summed E-state index contributed by atoms with van der Waals surface area (Å²) in [5.41, 5.74) is 1.66. The minimum absolute atomic E-state index is 0.0478. The number of hydrogen-bond donors (Lipinski definition) is 0. The third-order valence-electron chi connectivity index (χ3n) is 16.6. The molecule has 0 bridgehead atoms. The van der Waals surface area contributed by atoms with Gasteiger partial charge in [-0.25, -0.2) is 0 Å². The summed E-state index contributed by atoms with van der Waals surface area (Å²) in [4.78, 5) is 48.1. The lowest BCUT2D eigenvalue weighted by molar-refractivity contribution is -0.304. The highest BCUT2D eigenvalue weighted by Gasteiger charge is 2.71. The second-order valence-corrected chi connectivity index (χ2v) is 19.7. The first-order valence-electron chi connectivity index (χ1n) is 20.8. The van der Waals surface area contributed by atoms with Crippen LogP contribution < -0.4 is 0 Å². The van der Waals surface area contributed by atoms with Crippen LogP contribution in [0.3, 0.4) is 0 Å². The van der Waals surface area contributed by atoms with Crippen molar-refractivity contribution in [1.29, 1.82) is 0 Å². The molecule has 14 atom stereocenters. The third kappa shape index (κ3) is 6.96. The largest absolute Gasteiger partial charge is 0.465 e. The molecule has 6 rings (SSSR count). The van der Waals surface area contributed by atoms with E-state index in [1.165, 1.54) is 52.0 Å².